The lowest BCUT2D eigenvalue weighted by molar-refractivity contribution is 0.316. The Morgan fingerprint density at radius 3 is 2.79 bits per heavy atom. The largest absolute Gasteiger partial charge is 0.327 e. The van der Waals surface area contributed by atoms with E-state index in [1.54, 1.807) is 0 Å². The van der Waals surface area contributed by atoms with Crippen LogP contribution in [0.5, 0.6) is 0 Å². The van der Waals surface area contributed by atoms with Crippen LogP contribution in [0.25, 0.3) is 0 Å². The second kappa shape index (κ2) is 5.47. The summed E-state index contributed by atoms with van der Waals surface area (Å²) in [6, 6.07) is 5.96. The van der Waals surface area contributed by atoms with Crippen LogP contribution in [0.4, 0.5) is 0 Å². The highest BCUT2D eigenvalue weighted by atomic mass is 35.5. The lowest BCUT2D eigenvalue weighted by Gasteiger charge is -2.30. The molecule has 0 aliphatic carbocycles. The van der Waals surface area contributed by atoms with E-state index < -0.39 is 10.0 Å². The van der Waals surface area contributed by atoms with Gasteiger partial charge in [-0.3, -0.25) is 0 Å². The van der Waals surface area contributed by atoms with Crippen LogP contribution < -0.4 is 5.73 Å². The molecule has 0 radical (unpaired) electrons. The maximum Gasteiger partial charge on any atom is 0.244 e. The number of nitriles is 1. The van der Waals surface area contributed by atoms with Crippen molar-refractivity contribution in [2.45, 2.75) is 23.8 Å². The van der Waals surface area contributed by atoms with E-state index in [9.17, 15) is 8.42 Å². The lowest BCUT2D eigenvalue weighted by atomic mass is 10.1. The van der Waals surface area contributed by atoms with E-state index in [1.165, 1.54) is 22.5 Å². The average Bonchev–Trinajstić information content (AvgIpc) is 2.38. The van der Waals surface area contributed by atoms with E-state index in [0.29, 0.717) is 18.7 Å². The van der Waals surface area contributed by atoms with Crippen LogP contribution in [-0.2, 0) is 10.0 Å². The number of hydrogen-bond acceptors (Lipinski definition) is 4. The fraction of sp³-hybridized carbons (Fsp3) is 0.417. The molecule has 1 saturated heterocycles. The fourth-order valence-corrected chi connectivity index (χ4v) is 4.16. The van der Waals surface area contributed by atoms with Crippen molar-refractivity contribution < 1.29 is 8.42 Å². The summed E-state index contributed by atoms with van der Waals surface area (Å²) in [5.74, 6) is 0. The summed E-state index contributed by atoms with van der Waals surface area (Å²) in [5, 5.41) is 8.82. The maximum atomic E-state index is 12.5. The Labute approximate surface area is 117 Å². The Kier molecular flexibility index (Phi) is 4.11. The van der Waals surface area contributed by atoms with Crippen molar-refractivity contribution in [2.75, 3.05) is 13.1 Å². The number of halogens is 1. The minimum atomic E-state index is -3.64. The molecule has 1 aliphatic rings. The Morgan fingerprint density at radius 1 is 1.47 bits per heavy atom. The highest BCUT2D eigenvalue weighted by Gasteiger charge is 2.30. The number of rotatable bonds is 2. The molecule has 1 atom stereocenters. The van der Waals surface area contributed by atoms with E-state index in [2.05, 4.69) is 0 Å². The molecule has 0 spiro atoms. The molecule has 2 rings (SSSR count). The van der Waals surface area contributed by atoms with Crippen molar-refractivity contribution in [3.63, 3.8) is 0 Å². The van der Waals surface area contributed by atoms with Crippen molar-refractivity contribution in [1.29, 1.82) is 5.26 Å². The van der Waals surface area contributed by atoms with Crippen molar-refractivity contribution in [1.82, 2.24) is 4.31 Å². The van der Waals surface area contributed by atoms with Gasteiger partial charge in [0.2, 0.25) is 10.0 Å². The molecule has 1 aliphatic heterocycles. The summed E-state index contributed by atoms with van der Waals surface area (Å²) in [4.78, 5) is 0.0299. The first-order valence-corrected chi connectivity index (χ1v) is 7.72. The number of nitrogens with two attached hydrogens (primary N) is 1. The molecule has 2 N–H and O–H groups in total. The molecule has 1 heterocycles. The van der Waals surface area contributed by atoms with Gasteiger partial charge in [0.15, 0.2) is 0 Å². The molecule has 19 heavy (non-hydrogen) atoms. The molecule has 0 amide bonds. The van der Waals surface area contributed by atoms with E-state index in [-0.39, 0.29) is 16.0 Å². The zero-order valence-electron chi connectivity index (χ0n) is 10.2. The van der Waals surface area contributed by atoms with Gasteiger partial charge in [-0.1, -0.05) is 11.6 Å². The van der Waals surface area contributed by atoms with Crippen LogP contribution in [0.15, 0.2) is 23.1 Å². The standard InChI is InChI=1S/C12H14ClN3O2S/c13-11-6-9(7-14)3-4-12(11)19(17,18)16-5-1-2-10(15)8-16/h3-4,6,10H,1-2,5,8,15H2. The van der Waals surface area contributed by atoms with Gasteiger partial charge >= 0.3 is 0 Å². The van der Waals surface area contributed by atoms with Crippen LogP contribution in [0, 0.1) is 11.3 Å². The number of piperidine rings is 1. The number of sulfonamides is 1. The average molecular weight is 300 g/mol. The van der Waals surface area contributed by atoms with Gasteiger partial charge in [-0.25, -0.2) is 8.42 Å². The Hall–Kier alpha value is -1.13. The molecular formula is C12H14ClN3O2S. The van der Waals surface area contributed by atoms with Crippen LogP contribution in [0.2, 0.25) is 5.02 Å². The molecule has 5 nitrogen and oxygen atoms in total. The Balaban J connectivity index is 2.37. The first-order valence-electron chi connectivity index (χ1n) is 5.90. The van der Waals surface area contributed by atoms with Crippen molar-refractivity contribution in [3.8, 4) is 6.07 Å². The van der Waals surface area contributed by atoms with Crippen molar-refractivity contribution >= 4 is 21.6 Å². The fourth-order valence-electron chi connectivity index (χ4n) is 2.11. The highest BCUT2D eigenvalue weighted by molar-refractivity contribution is 7.89. The second-order valence-corrected chi connectivity index (χ2v) is 6.84. The van der Waals surface area contributed by atoms with Crippen molar-refractivity contribution in [3.05, 3.63) is 28.8 Å². The smallest absolute Gasteiger partial charge is 0.244 e. The van der Waals surface area contributed by atoms with Gasteiger partial charge in [0.1, 0.15) is 4.90 Å². The molecule has 7 heteroatoms. The van der Waals surface area contributed by atoms with Gasteiger partial charge in [-0.05, 0) is 31.0 Å². The third kappa shape index (κ3) is 2.90. The van der Waals surface area contributed by atoms with E-state index in [0.717, 1.165) is 12.8 Å². The summed E-state index contributed by atoms with van der Waals surface area (Å²) >= 11 is 5.96. The van der Waals surface area contributed by atoms with Crippen LogP contribution in [0.1, 0.15) is 18.4 Å². The Bertz CT molecular complexity index is 624. The summed E-state index contributed by atoms with van der Waals surface area (Å²) in [6.07, 6.45) is 1.57. The molecule has 1 aromatic rings. The number of benzene rings is 1. The van der Waals surface area contributed by atoms with Gasteiger partial charge < -0.3 is 5.73 Å². The predicted molar refractivity (Wildman–Crippen MR) is 72.1 cm³/mol. The molecule has 1 aromatic carbocycles. The first-order chi connectivity index (χ1) is 8.95. The molecule has 1 unspecified atom stereocenters. The van der Waals surface area contributed by atoms with Gasteiger partial charge in [0.25, 0.3) is 0 Å². The minimum Gasteiger partial charge on any atom is -0.327 e. The molecule has 0 aromatic heterocycles. The van der Waals surface area contributed by atoms with Gasteiger partial charge in [0, 0.05) is 19.1 Å². The molecule has 1 fully saturated rings. The zero-order valence-corrected chi connectivity index (χ0v) is 11.8. The van der Waals surface area contributed by atoms with E-state index >= 15 is 0 Å². The summed E-state index contributed by atoms with van der Waals surface area (Å²) in [6.45, 7) is 0.755. The van der Waals surface area contributed by atoms with Gasteiger partial charge in [-0.2, -0.15) is 9.57 Å². The predicted octanol–water partition coefficient (Wildman–Crippen LogP) is 1.32. The highest BCUT2D eigenvalue weighted by Crippen LogP contribution is 2.27. The van der Waals surface area contributed by atoms with Gasteiger partial charge in [-0.15, -0.1) is 0 Å². The van der Waals surface area contributed by atoms with Gasteiger partial charge in [0.05, 0.1) is 16.7 Å². The third-order valence-electron chi connectivity index (χ3n) is 3.10. The quantitative estimate of drug-likeness (QED) is 0.892. The third-order valence-corrected chi connectivity index (χ3v) is 5.45. The summed E-state index contributed by atoms with van der Waals surface area (Å²) in [7, 11) is -3.64. The second-order valence-electron chi connectivity index (χ2n) is 4.52. The number of hydrogen-bond donors (Lipinski definition) is 1. The summed E-state index contributed by atoms with van der Waals surface area (Å²) < 4.78 is 26.3. The van der Waals surface area contributed by atoms with Crippen LogP contribution in [-0.4, -0.2) is 31.9 Å². The lowest BCUT2D eigenvalue weighted by Crippen LogP contribution is -2.45. The van der Waals surface area contributed by atoms with Crippen molar-refractivity contribution in [2.24, 2.45) is 5.73 Å². The van der Waals surface area contributed by atoms with E-state index in [4.69, 9.17) is 22.6 Å². The maximum absolute atomic E-state index is 12.5. The SMILES string of the molecule is N#Cc1ccc(S(=O)(=O)N2CCCC(N)C2)c(Cl)c1. The minimum absolute atomic E-state index is 0.0299. The monoisotopic (exact) mass is 299 g/mol. The topological polar surface area (TPSA) is 87.2 Å². The first kappa shape index (κ1) is 14.3. The normalized spacial score (nSPS) is 21.0. The Morgan fingerprint density at radius 2 is 2.21 bits per heavy atom. The molecule has 0 bridgehead atoms. The molecular weight excluding hydrogens is 286 g/mol. The molecule has 102 valence electrons. The molecule has 0 saturated carbocycles. The van der Waals surface area contributed by atoms with E-state index in [1.807, 2.05) is 6.07 Å². The summed E-state index contributed by atoms with van der Waals surface area (Å²) in [5.41, 5.74) is 6.13. The number of nitrogens with zero attached hydrogens (tertiary/aromatic N) is 2. The van der Waals surface area contributed by atoms with Crippen LogP contribution in [0.3, 0.4) is 0 Å². The zero-order chi connectivity index (χ0) is 14.0. The van der Waals surface area contributed by atoms with Crippen LogP contribution >= 0.6 is 11.6 Å².